The zero-order valence-electron chi connectivity index (χ0n) is 31.7. The first-order chi connectivity index (χ1) is 23.5. The molecule has 0 N–H and O–H groups in total. The molecule has 6 rings (SSSR count). The van der Waals surface area contributed by atoms with E-state index in [1.165, 1.54) is 22.7 Å². The molecule has 0 aliphatic carbocycles. The molecule has 2 aromatic heterocycles. The van der Waals surface area contributed by atoms with Crippen molar-refractivity contribution in [2.24, 2.45) is 0 Å². The van der Waals surface area contributed by atoms with E-state index >= 15 is 0 Å². The standard InChI is InChI=1S/C44H50F2S2Si2/c1-25(2)49(26(3)4,27(5)6)19-17-31-21-35-34-14-16-40-38(24-42(46)48-40)44(34)32(18-20-50(28(7)8,29(9)10)30(11)12)22-36(35)33-13-15-39-37(43(31)33)23-41(45)47-39/h13-16,21-30H,1-12H3. The molecule has 0 bridgehead atoms. The van der Waals surface area contributed by atoms with E-state index in [2.05, 4.69) is 142 Å². The van der Waals surface area contributed by atoms with Gasteiger partial charge < -0.3 is 0 Å². The van der Waals surface area contributed by atoms with Gasteiger partial charge in [0.05, 0.1) is 0 Å². The van der Waals surface area contributed by atoms with Crippen molar-refractivity contribution < 1.29 is 8.78 Å². The fraction of sp³-hybridized carbons (Fsp3) is 0.409. The van der Waals surface area contributed by atoms with Gasteiger partial charge >= 0.3 is 0 Å². The molecule has 0 aliphatic rings. The molecule has 0 amide bonds. The molecular formula is C44H50F2S2Si2. The van der Waals surface area contributed by atoms with Crippen LogP contribution in [0, 0.1) is 33.2 Å². The normalized spacial score (nSPS) is 13.0. The minimum absolute atomic E-state index is 0.189. The molecule has 0 fully saturated rings. The highest BCUT2D eigenvalue weighted by Gasteiger charge is 2.42. The predicted molar refractivity (Wildman–Crippen MR) is 225 cm³/mol. The van der Waals surface area contributed by atoms with Crippen LogP contribution in [-0.4, -0.2) is 16.1 Å². The summed E-state index contributed by atoms with van der Waals surface area (Å²) >= 11 is 2.38. The lowest BCUT2D eigenvalue weighted by Crippen LogP contribution is -2.43. The van der Waals surface area contributed by atoms with E-state index in [1.807, 2.05) is 0 Å². The van der Waals surface area contributed by atoms with Crippen molar-refractivity contribution in [2.75, 3.05) is 0 Å². The predicted octanol–water partition coefficient (Wildman–Crippen LogP) is 15.0. The maximum absolute atomic E-state index is 15.0. The number of halogens is 2. The van der Waals surface area contributed by atoms with E-state index in [0.717, 1.165) is 63.6 Å². The maximum Gasteiger partial charge on any atom is 0.177 e. The Hall–Kier alpha value is -3.01. The molecule has 0 unspecified atom stereocenters. The fourth-order valence-electron chi connectivity index (χ4n) is 9.64. The molecule has 0 atom stereocenters. The number of fused-ring (bicyclic) bond motifs is 9. The second-order valence-electron chi connectivity index (χ2n) is 16.1. The van der Waals surface area contributed by atoms with Crippen LogP contribution in [0.4, 0.5) is 8.78 Å². The van der Waals surface area contributed by atoms with Crippen LogP contribution < -0.4 is 0 Å². The number of thiophene rings is 2. The lowest BCUT2D eigenvalue weighted by molar-refractivity contribution is 0.658. The molecule has 0 spiro atoms. The molecular weight excluding hydrogens is 687 g/mol. The fourth-order valence-corrected chi connectivity index (χ4v) is 21.7. The average molecular weight is 737 g/mol. The Labute approximate surface area is 307 Å². The molecule has 260 valence electrons. The van der Waals surface area contributed by atoms with Gasteiger partial charge in [-0.3, -0.25) is 0 Å². The summed E-state index contributed by atoms with van der Waals surface area (Å²) in [6, 6.07) is 16.3. The minimum Gasteiger partial charge on any atom is -0.195 e. The van der Waals surface area contributed by atoms with E-state index in [4.69, 9.17) is 0 Å². The van der Waals surface area contributed by atoms with Crippen molar-refractivity contribution >= 4 is 91.3 Å². The summed E-state index contributed by atoms with van der Waals surface area (Å²) in [7, 11) is -4.14. The highest BCUT2D eigenvalue weighted by molar-refractivity contribution is 7.18. The van der Waals surface area contributed by atoms with Gasteiger partial charge in [0.1, 0.15) is 16.1 Å². The Bertz CT molecular complexity index is 2190. The van der Waals surface area contributed by atoms with Crippen molar-refractivity contribution in [3.63, 3.8) is 0 Å². The summed E-state index contributed by atoms with van der Waals surface area (Å²) in [5.74, 6) is 7.57. The van der Waals surface area contributed by atoms with E-state index in [-0.39, 0.29) is 10.3 Å². The molecule has 6 aromatic rings. The monoisotopic (exact) mass is 736 g/mol. The van der Waals surface area contributed by atoms with E-state index in [9.17, 15) is 8.78 Å². The molecule has 6 heteroatoms. The van der Waals surface area contributed by atoms with Crippen molar-refractivity contribution in [1.82, 2.24) is 0 Å². The Balaban J connectivity index is 1.81. The van der Waals surface area contributed by atoms with Gasteiger partial charge in [-0.15, -0.1) is 33.8 Å². The van der Waals surface area contributed by atoms with Crippen LogP contribution >= 0.6 is 22.7 Å². The third kappa shape index (κ3) is 5.76. The smallest absolute Gasteiger partial charge is 0.177 e. The van der Waals surface area contributed by atoms with E-state index in [0.29, 0.717) is 33.2 Å². The lowest BCUT2D eigenvalue weighted by Gasteiger charge is -2.38. The first kappa shape index (κ1) is 36.8. The summed E-state index contributed by atoms with van der Waals surface area (Å²) < 4.78 is 31.8. The van der Waals surface area contributed by atoms with Gasteiger partial charge in [0.15, 0.2) is 10.3 Å². The Morgan fingerprint density at radius 3 is 1.06 bits per heavy atom. The molecule has 0 nitrogen and oxygen atoms in total. The quantitative estimate of drug-likeness (QED) is 0.0907. The largest absolute Gasteiger partial charge is 0.195 e. The van der Waals surface area contributed by atoms with Crippen LogP contribution in [0.15, 0.2) is 48.5 Å². The van der Waals surface area contributed by atoms with Gasteiger partial charge in [-0.05, 0) is 91.2 Å². The first-order valence-electron chi connectivity index (χ1n) is 18.2. The van der Waals surface area contributed by atoms with Crippen molar-refractivity contribution in [3.8, 4) is 22.9 Å². The van der Waals surface area contributed by atoms with Crippen LogP contribution in [0.2, 0.25) is 33.2 Å². The van der Waals surface area contributed by atoms with Gasteiger partial charge in [-0.1, -0.05) is 107 Å². The molecule has 0 radical (unpaired) electrons. The topological polar surface area (TPSA) is 0 Å². The summed E-state index contributed by atoms with van der Waals surface area (Å²) in [4.78, 5) is 0. The van der Waals surface area contributed by atoms with Gasteiger partial charge in [0.2, 0.25) is 0 Å². The van der Waals surface area contributed by atoms with Crippen LogP contribution in [0.3, 0.4) is 0 Å². The van der Waals surface area contributed by atoms with Crippen molar-refractivity contribution in [1.29, 1.82) is 0 Å². The summed E-state index contributed by atoms with van der Waals surface area (Å²) in [5, 5.41) is 7.75. The SMILES string of the molecule is CC(C)[Si](C#Cc1cc2c(cc(C#C[Si](C(C)C)(C(C)C)C(C)C)c3c4cc(F)sc4ccc23)c2ccc3sc(F)cc3c12)(C(C)C)C(C)C. The second-order valence-corrected chi connectivity index (χ2v) is 29.4. The van der Waals surface area contributed by atoms with Gasteiger partial charge in [-0.25, -0.2) is 0 Å². The van der Waals surface area contributed by atoms with Crippen LogP contribution in [0.25, 0.3) is 52.5 Å². The maximum atomic E-state index is 15.0. The molecule has 2 heterocycles. The average Bonchev–Trinajstić information content (AvgIpc) is 3.60. The minimum atomic E-state index is -2.07. The van der Waals surface area contributed by atoms with Gasteiger partial charge in [-0.2, -0.15) is 8.78 Å². The van der Waals surface area contributed by atoms with Crippen LogP contribution in [-0.2, 0) is 0 Å². The molecule has 0 saturated heterocycles. The summed E-state index contributed by atoms with van der Waals surface area (Å²) in [6.45, 7) is 28.0. The van der Waals surface area contributed by atoms with Crippen LogP contribution in [0.5, 0.6) is 0 Å². The second kappa shape index (κ2) is 13.5. The number of rotatable bonds is 6. The number of hydrogen-bond acceptors (Lipinski definition) is 2. The highest BCUT2D eigenvalue weighted by atomic mass is 32.1. The third-order valence-corrected chi connectivity index (χ3v) is 26.2. The highest BCUT2D eigenvalue weighted by Crippen LogP contribution is 2.45. The Morgan fingerprint density at radius 1 is 0.440 bits per heavy atom. The molecule has 50 heavy (non-hydrogen) atoms. The van der Waals surface area contributed by atoms with Gasteiger partial charge in [0, 0.05) is 42.1 Å². The first-order valence-corrected chi connectivity index (χ1v) is 24.3. The molecule has 4 aromatic carbocycles. The molecule has 0 aliphatic heterocycles. The number of benzene rings is 4. The Kier molecular flexibility index (Phi) is 9.94. The zero-order valence-corrected chi connectivity index (χ0v) is 35.3. The number of hydrogen-bond donors (Lipinski definition) is 0. The zero-order chi connectivity index (χ0) is 36.4. The summed E-state index contributed by atoms with van der Waals surface area (Å²) in [6.07, 6.45) is 0. The summed E-state index contributed by atoms with van der Waals surface area (Å²) in [5.41, 5.74) is 12.8. The van der Waals surface area contributed by atoms with Crippen LogP contribution in [0.1, 0.15) is 94.2 Å². The van der Waals surface area contributed by atoms with Crippen molar-refractivity contribution in [3.05, 3.63) is 69.9 Å². The lowest BCUT2D eigenvalue weighted by atomic mass is 9.89. The van der Waals surface area contributed by atoms with E-state index < -0.39 is 16.1 Å². The third-order valence-electron chi connectivity index (χ3n) is 11.9. The van der Waals surface area contributed by atoms with Gasteiger partial charge in [0.25, 0.3) is 0 Å². The van der Waals surface area contributed by atoms with E-state index in [1.54, 1.807) is 12.1 Å². The Morgan fingerprint density at radius 2 is 0.760 bits per heavy atom. The molecule has 0 saturated carbocycles. The van der Waals surface area contributed by atoms with Crippen molar-refractivity contribution in [2.45, 2.75) is 116 Å².